The molecule has 1 amide bonds. The highest BCUT2D eigenvalue weighted by Crippen LogP contribution is 2.38. The van der Waals surface area contributed by atoms with E-state index in [9.17, 15) is 18.0 Å². The minimum absolute atomic E-state index is 0.0182. The van der Waals surface area contributed by atoms with Gasteiger partial charge in [0.2, 0.25) is 5.91 Å². The van der Waals surface area contributed by atoms with Crippen LogP contribution in [0.4, 0.5) is 5.82 Å². The number of ether oxygens (including phenoxy) is 1. The number of nitrogens with zero attached hydrogens (tertiary/aromatic N) is 3. The standard InChI is InChI=1S/C27H32N4O5S/c1-6-10-20(37(34,35)7-2)11-8-9-12-23(32)31-22-15-18(3)24-21(30-22)13-14-27(4,25(24)33)26-28-16-19(36-5)17-29-26/h6,8,10-11,15-17H,1,7,9,12-14H2,2-5H3,(H,30,31,32)/b11-8-,20-10+. The number of allylic oxidation sites excluding steroid dienone is 4. The van der Waals surface area contributed by atoms with Crippen LogP contribution < -0.4 is 10.1 Å². The Balaban J connectivity index is 1.70. The van der Waals surface area contributed by atoms with Gasteiger partial charge in [0.1, 0.15) is 11.6 Å². The maximum atomic E-state index is 13.5. The van der Waals surface area contributed by atoms with E-state index in [1.54, 1.807) is 31.5 Å². The molecule has 0 aromatic carbocycles. The fourth-order valence-electron chi connectivity index (χ4n) is 4.14. The Kier molecular flexibility index (Phi) is 8.75. The number of aromatic nitrogens is 3. The number of carbonyl (C=O) groups excluding carboxylic acids is 2. The number of fused-ring (bicyclic) bond motifs is 1. The molecule has 0 aliphatic heterocycles. The highest BCUT2D eigenvalue weighted by Gasteiger charge is 2.43. The summed E-state index contributed by atoms with van der Waals surface area (Å²) in [7, 11) is -1.84. The molecule has 0 spiro atoms. The molecule has 1 N–H and O–H groups in total. The first kappa shape index (κ1) is 27.9. The van der Waals surface area contributed by atoms with Crippen LogP contribution in [0.2, 0.25) is 0 Å². The van der Waals surface area contributed by atoms with Crippen LogP contribution in [0.1, 0.15) is 60.5 Å². The van der Waals surface area contributed by atoms with Gasteiger partial charge in [-0.05, 0) is 56.9 Å². The first-order valence-electron chi connectivity index (χ1n) is 12.0. The van der Waals surface area contributed by atoms with Gasteiger partial charge >= 0.3 is 0 Å². The van der Waals surface area contributed by atoms with Crippen molar-refractivity contribution in [3.63, 3.8) is 0 Å². The quantitative estimate of drug-likeness (QED) is 0.461. The Hall–Kier alpha value is -3.66. The fourth-order valence-corrected chi connectivity index (χ4v) is 5.08. The summed E-state index contributed by atoms with van der Waals surface area (Å²) in [5, 5.41) is 2.78. The molecule has 2 heterocycles. The maximum absolute atomic E-state index is 13.5. The van der Waals surface area contributed by atoms with E-state index in [4.69, 9.17) is 4.74 Å². The highest BCUT2D eigenvalue weighted by atomic mass is 32.2. The molecule has 1 unspecified atom stereocenters. The second-order valence-electron chi connectivity index (χ2n) is 8.95. The lowest BCUT2D eigenvalue weighted by molar-refractivity contribution is -0.116. The lowest BCUT2D eigenvalue weighted by Crippen LogP contribution is -2.40. The molecule has 0 saturated carbocycles. The van der Waals surface area contributed by atoms with Gasteiger partial charge in [-0.25, -0.2) is 23.4 Å². The molecule has 196 valence electrons. The number of anilines is 1. The summed E-state index contributed by atoms with van der Waals surface area (Å²) in [6.45, 7) is 8.77. The van der Waals surface area contributed by atoms with E-state index >= 15 is 0 Å². The second-order valence-corrected chi connectivity index (χ2v) is 11.2. The average molecular weight is 525 g/mol. The summed E-state index contributed by atoms with van der Waals surface area (Å²) < 4.78 is 29.3. The molecule has 0 radical (unpaired) electrons. The monoisotopic (exact) mass is 524 g/mol. The predicted octanol–water partition coefficient (Wildman–Crippen LogP) is 4.05. The Morgan fingerprint density at radius 1 is 1.30 bits per heavy atom. The van der Waals surface area contributed by atoms with Gasteiger partial charge in [-0.2, -0.15) is 0 Å². The van der Waals surface area contributed by atoms with Gasteiger partial charge in [-0.1, -0.05) is 25.7 Å². The van der Waals surface area contributed by atoms with Crippen LogP contribution in [0.25, 0.3) is 0 Å². The van der Waals surface area contributed by atoms with E-state index in [1.807, 2.05) is 13.8 Å². The minimum Gasteiger partial charge on any atom is -0.494 e. The van der Waals surface area contributed by atoms with Crippen molar-refractivity contribution in [2.75, 3.05) is 18.2 Å². The third kappa shape index (κ3) is 6.19. The number of ketones is 1. The topological polar surface area (TPSA) is 128 Å². The number of Topliss-reactive ketones (excluding diaryl/α,β-unsaturated/α-hetero) is 1. The lowest BCUT2D eigenvalue weighted by Gasteiger charge is -2.32. The number of aryl methyl sites for hydroxylation is 2. The number of methoxy groups -OCH3 is 1. The smallest absolute Gasteiger partial charge is 0.225 e. The number of sulfone groups is 1. The SMILES string of the molecule is C=C/C=C(\C=C/CCC(=O)Nc1cc(C)c2c(n1)CCC(C)(c1ncc(OC)cn1)C2=O)S(=O)(=O)CC. The second kappa shape index (κ2) is 11.6. The molecular formula is C27H32N4O5S. The van der Waals surface area contributed by atoms with Crippen molar-refractivity contribution in [1.82, 2.24) is 15.0 Å². The van der Waals surface area contributed by atoms with E-state index in [2.05, 4.69) is 26.8 Å². The summed E-state index contributed by atoms with van der Waals surface area (Å²) in [5.74, 6) is 0.953. The molecule has 0 saturated heterocycles. The molecule has 0 bridgehead atoms. The molecular weight excluding hydrogens is 492 g/mol. The molecule has 2 aromatic rings. The van der Waals surface area contributed by atoms with Crippen molar-refractivity contribution < 1.29 is 22.7 Å². The molecule has 10 heteroatoms. The molecule has 9 nitrogen and oxygen atoms in total. The van der Waals surface area contributed by atoms with E-state index in [0.717, 1.165) is 0 Å². The van der Waals surface area contributed by atoms with Gasteiger partial charge in [-0.3, -0.25) is 9.59 Å². The average Bonchev–Trinajstić information content (AvgIpc) is 2.88. The molecule has 37 heavy (non-hydrogen) atoms. The minimum atomic E-state index is -3.37. The first-order valence-corrected chi connectivity index (χ1v) is 13.6. The van der Waals surface area contributed by atoms with Crippen molar-refractivity contribution in [2.24, 2.45) is 0 Å². The zero-order valence-corrected chi connectivity index (χ0v) is 22.4. The number of pyridine rings is 1. The van der Waals surface area contributed by atoms with E-state index in [1.165, 1.54) is 25.3 Å². The predicted molar refractivity (Wildman–Crippen MR) is 142 cm³/mol. The summed E-state index contributed by atoms with van der Waals surface area (Å²) >= 11 is 0. The number of nitrogens with one attached hydrogen (secondary N) is 1. The van der Waals surface area contributed by atoms with Crippen molar-refractivity contribution >= 4 is 27.3 Å². The Bertz CT molecular complexity index is 1360. The normalized spacial score (nSPS) is 17.9. The molecule has 1 aliphatic carbocycles. The lowest BCUT2D eigenvalue weighted by atomic mass is 9.71. The third-order valence-corrected chi connectivity index (χ3v) is 8.10. The number of amides is 1. The summed E-state index contributed by atoms with van der Waals surface area (Å²) in [6.07, 6.45) is 10.6. The van der Waals surface area contributed by atoms with Crippen LogP contribution in [0.3, 0.4) is 0 Å². The largest absolute Gasteiger partial charge is 0.494 e. The zero-order valence-electron chi connectivity index (χ0n) is 21.6. The molecule has 1 atom stereocenters. The van der Waals surface area contributed by atoms with Gasteiger partial charge in [0.25, 0.3) is 0 Å². The molecule has 3 rings (SSSR count). The van der Waals surface area contributed by atoms with Crippen LogP contribution in [-0.4, -0.2) is 47.9 Å². The first-order chi connectivity index (χ1) is 17.6. The maximum Gasteiger partial charge on any atom is 0.225 e. The van der Waals surface area contributed by atoms with E-state index < -0.39 is 15.3 Å². The number of hydrogen-bond acceptors (Lipinski definition) is 8. The summed E-state index contributed by atoms with van der Waals surface area (Å²) in [5.41, 5.74) is 1.00. The van der Waals surface area contributed by atoms with Gasteiger partial charge in [0.15, 0.2) is 21.4 Å². The number of carbonyl (C=O) groups is 2. The molecule has 0 fully saturated rings. The van der Waals surface area contributed by atoms with Crippen LogP contribution in [0.5, 0.6) is 5.75 Å². The van der Waals surface area contributed by atoms with E-state index in [0.29, 0.717) is 53.5 Å². The highest BCUT2D eigenvalue weighted by molar-refractivity contribution is 7.95. The number of rotatable bonds is 10. The van der Waals surface area contributed by atoms with Crippen LogP contribution >= 0.6 is 0 Å². The molecule has 2 aromatic heterocycles. The third-order valence-electron chi connectivity index (χ3n) is 6.35. The Labute approximate surface area is 217 Å². The molecule has 1 aliphatic rings. The Morgan fingerprint density at radius 3 is 2.62 bits per heavy atom. The van der Waals surface area contributed by atoms with Gasteiger partial charge in [0.05, 0.1) is 41.3 Å². The van der Waals surface area contributed by atoms with Crippen molar-refractivity contribution in [3.8, 4) is 5.75 Å². The Morgan fingerprint density at radius 2 is 2.00 bits per heavy atom. The van der Waals surface area contributed by atoms with Gasteiger partial charge in [0, 0.05) is 12.0 Å². The van der Waals surface area contributed by atoms with Crippen molar-refractivity contribution in [3.05, 3.63) is 76.9 Å². The van der Waals surface area contributed by atoms with Gasteiger partial charge < -0.3 is 10.1 Å². The van der Waals surface area contributed by atoms with Crippen molar-refractivity contribution in [1.29, 1.82) is 0 Å². The van der Waals surface area contributed by atoms with Crippen LogP contribution in [-0.2, 0) is 26.5 Å². The van der Waals surface area contributed by atoms with Gasteiger partial charge in [-0.15, -0.1) is 0 Å². The van der Waals surface area contributed by atoms with Crippen molar-refractivity contribution in [2.45, 2.75) is 51.9 Å². The summed E-state index contributed by atoms with van der Waals surface area (Å²) in [6, 6.07) is 1.68. The van der Waals surface area contributed by atoms with Crippen LogP contribution in [0, 0.1) is 6.92 Å². The number of hydrogen-bond donors (Lipinski definition) is 1. The zero-order chi connectivity index (χ0) is 27.2. The fraction of sp³-hybridized carbons (Fsp3) is 0.370. The summed E-state index contributed by atoms with van der Waals surface area (Å²) in [4.78, 5) is 39.4. The van der Waals surface area contributed by atoms with E-state index in [-0.39, 0.29) is 28.8 Å². The van der Waals surface area contributed by atoms with Crippen LogP contribution in [0.15, 0.2) is 54.2 Å².